The Morgan fingerprint density at radius 2 is 1.42 bits per heavy atom. The largest absolute Gasteiger partial charge is 0.497 e. The van der Waals surface area contributed by atoms with Crippen LogP contribution in [-0.2, 0) is 11.3 Å². The monoisotopic (exact) mass is 447 g/mol. The lowest BCUT2D eigenvalue weighted by molar-refractivity contribution is -0.131. The predicted octanol–water partition coefficient (Wildman–Crippen LogP) is 5.67. The zero-order chi connectivity index (χ0) is 23.6. The Labute approximate surface area is 196 Å². The van der Waals surface area contributed by atoms with Crippen LogP contribution < -0.4 is 14.2 Å². The summed E-state index contributed by atoms with van der Waals surface area (Å²) in [6.07, 6.45) is 1.24. The minimum absolute atomic E-state index is 0.0788. The molecule has 0 aliphatic carbocycles. The molecule has 0 fully saturated rings. The molecule has 0 radical (unpaired) electrons. The molecular formula is C28H33NO4. The molecule has 174 valence electrons. The number of methoxy groups -OCH3 is 3. The fourth-order valence-electron chi connectivity index (χ4n) is 4.04. The molecule has 0 spiro atoms. The minimum atomic E-state index is 0.0788. The van der Waals surface area contributed by atoms with E-state index in [1.54, 1.807) is 21.3 Å². The van der Waals surface area contributed by atoms with Crippen molar-refractivity contribution in [3.05, 3.63) is 89.5 Å². The number of hydrogen-bond donors (Lipinski definition) is 0. The lowest BCUT2D eigenvalue weighted by Crippen LogP contribution is -2.31. The number of amides is 1. The summed E-state index contributed by atoms with van der Waals surface area (Å²) in [6.45, 7) is 3.11. The molecule has 0 saturated heterocycles. The van der Waals surface area contributed by atoms with E-state index in [9.17, 15) is 4.79 Å². The van der Waals surface area contributed by atoms with Crippen molar-refractivity contribution in [2.75, 3.05) is 27.9 Å². The van der Waals surface area contributed by atoms with Gasteiger partial charge in [0.05, 0.1) is 21.3 Å². The van der Waals surface area contributed by atoms with Gasteiger partial charge in [0.15, 0.2) is 0 Å². The molecule has 1 atom stereocenters. The molecule has 0 N–H and O–H groups in total. The smallest absolute Gasteiger partial charge is 0.222 e. The highest BCUT2D eigenvalue weighted by Crippen LogP contribution is 2.35. The van der Waals surface area contributed by atoms with Crippen molar-refractivity contribution in [2.24, 2.45) is 0 Å². The number of carbonyl (C=O) groups is 1. The molecule has 0 heterocycles. The van der Waals surface area contributed by atoms with Crippen molar-refractivity contribution >= 4 is 5.91 Å². The summed E-state index contributed by atoms with van der Waals surface area (Å²) in [7, 11) is 5.01. The van der Waals surface area contributed by atoms with Gasteiger partial charge in [-0.1, -0.05) is 49.4 Å². The summed E-state index contributed by atoms with van der Waals surface area (Å²) in [5.74, 6) is 2.69. The fourth-order valence-corrected chi connectivity index (χ4v) is 4.04. The number of nitrogens with zero attached hydrogens (tertiary/aromatic N) is 1. The number of hydrogen-bond acceptors (Lipinski definition) is 4. The molecule has 3 aromatic rings. The van der Waals surface area contributed by atoms with Gasteiger partial charge in [-0.05, 0) is 47.9 Å². The molecule has 3 aromatic carbocycles. The first-order chi connectivity index (χ1) is 16.1. The molecule has 0 bridgehead atoms. The van der Waals surface area contributed by atoms with Gasteiger partial charge in [0, 0.05) is 31.0 Å². The normalized spacial score (nSPS) is 11.5. The van der Waals surface area contributed by atoms with Crippen molar-refractivity contribution in [3.8, 4) is 17.2 Å². The van der Waals surface area contributed by atoms with E-state index in [4.69, 9.17) is 14.2 Å². The van der Waals surface area contributed by atoms with Crippen molar-refractivity contribution < 1.29 is 19.0 Å². The molecule has 3 rings (SSSR count). The zero-order valence-electron chi connectivity index (χ0n) is 19.9. The third-order valence-electron chi connectivity index (χ3n) is 5.91. The van der Waals surface area contributed by atoms with Crippen molar-refractivity contribution in [3.63, 3.8) is 0 Å². The predicted molar refractivity (Wildman–Crippen MR) is 131 cm³/mol. The number of carbonyl (C=O) groups excluding carboxylic acids is 1. The summed E-state index contributed by atoms with van der Waals surface area (Å²) in [4.78, 5) is 14.7. The third kappa shape index (κ3) is 6.28. The molecule has 1 amide bonds. The number of ether oxygens (including phenoxy) is 3. The van der Waals surface area contributed by atoms with Gasteiger partial charge in [0.1, 0.15) is 17.2 Å². The lowest BCUT2D eigenvalue weighted by Gasteiger charge is -2.27. The second kappa shape index (κ2) is 12.0. The van der Waals surface area contributed by atoms with Gasteiger partial charge in [-0.25, -0.2) is 0 Å². The summed E-state index contributed by atoms with van der Waals surface area (Å²) in [5.41, 5.74) is 3.35. The van der Waals surface area contributed by atoms with Crippen LogP contribution in [0.5, 0.6) is 17.2 Å². The molecule has 0 aliphatic rings. The van der Waals surface area contributed by atoms with E-state index in [1.165, 1.54) is 0 Å². The van der Waals surface area contributed by atoms with Crippen molar-refractivity contribution in [2.45, 2.75) is 32.2 Å². The van der Waals surface area contributed by atoms with Crippen LogP contribution in [0.3, 0.4) is 0 Å². The molecule has 0 aliphatic heterocycles. The van der Waals surface area contributed by atoms with E-state index < -0.39 is 0 Å². The Hall–Kier alpha value is -3.47. The topological polar surface area (TPSA) is 48.0 Å². The van der Waals surface area contributed by atoms with E-state index in [1.807, 2.05) is 66.4 Å². The lowest BCUT2D eigenvalue weighted by atomic mass is 9.87. The highest BCUT2D eigenvalue weighted by Gasteiger charge is 2.21. The van der Waals surface area contributed by atoms with Crippen LogP contribution in [0.25, 0.3) is 0 Å². The van der Waals surface area contributed by atoms with Crippen molar-refractivity contribution in [1.29, 1.82) is 0 Å². The SMILES string of the molecule is CCC(=O)N(CC[C@H](c1ccc(OC)cc1)c1ccccc1OC)Cc1ccc(OC)cc1. The van der Waals surface area contributed by atoms with Crippen LogP contribution in [0, 0.1) is 0 Å². The summed E-state index contributed by atoms with van der Waals surface area (Å²) < 4.78 is 16.3. The zero-order valence-corrected chi connectivity index (χ0v) is 19.9. The van der Waals surface area contributed by atoms with Gasteiger partial charge in [0.25, 0.3) is 0 Å². The maximum atomic E-state index is 12.8. The van der Waals surface area contributed by atoms with Gasteiger partial charge < -0.3 is 19.1 Å². The Morgan fingerprint density at radius 3 is 2.00 bits per heavy atom. The van der Waals surface area contributed by atoms with E-state index in [2.05, 4.69) is 18.2 Å². The second-order valence-electron chi connectivity index (χ2n) is 7.87. The maximum Gasteiger partial charge on any atom is 0.222 e. The minimum Gasteiger partial charge on any atom is -0.497 e. The Bertz CT molecular complexity index is 1010. The van der Waals surface area contributed by atoms with E-state index >= 15 is 0 Å². The highest BCUT2D eigenvalue weighted by molar-refractivity contribution is 5.75. The number of rotatable bonds is 11. The molecule has 5 heteroatoms. The fraction of sp³-hybridized carbons (Fsp3) is 0.321. The quantitative estimate of drug-likeness (QED) is 0.380. The number of para-hydroxylation sites is 1. The van der Waals surface area contributed by atoms with Crippen LogP contribution in [0.15, 0.2) is 72.8 Å². The average Bonchev–Trinajstić information content (AvgIpc) is 2.88. The van der Waals surface area contributed by atoms with E-state index in [0.717, 1.165) is 40.4 Å². The van der Waals surface area contributed by atoms with Gasteiger partial charge >= 0.3 is 0 Å². The molecule has 0 saturated carbocycles. The van der Waals surface area contributed by atoms with Crippen LogP contribution in [0.4, 0.5) is 0 Å². The summed E-state index contributed by atoms with van der Waals surface area (Å²) in [6, 6.07) is 24.1. The summed E-state index contributed by atoms with van der Waals surface area (Å²) in [5, 5.41) is 0. The van der Waals surface area contributed by atoms with E-state index in [0.29, 0.717) is 19.5 Å². The van der Waals surface area contributed by atoms with Gasteiger partial charge in [-0.3, -0.25) is 4.79 Å². The second-order valence-corrected chi connectivity index (χ2v) is 7.87. The van der Waals surface area contributed by atoms with Crippen molar-refractivity contribution in [1.82, 2.24) is 4.90 Å². The molecule has 33 heavy (non-hydrogen) atoms. The maximum absolute atomic E-state index is 12.8. The van der Waals surface area contributed by atoms with Gasteiger partial charge in [-0.15, -0.1) is 0 Å². The third-order valence-corrected chi connectivity index (χ3v) is 5.91. The Kier molecular flexibility index (Phi) is 8.76. The van der Waals surface area contributed by atoms with Crippen LogP contribution >= 0.6 is 0 Å². The average molecular weight is 448 g/mol. The standard InChI is InChI=1S/C28H33NO4/c1-5-28(30)29(20-21-10-14-23(31-2)15-11-21)19-18-25(22-12-16-24(32-3)17-13-22)26-8-6-7-9-27(26)33-4/h6-17,25H,5,18-20H2,1-4H3/t25-/m1/s1. The van der Waals surface area contributed by atoms with Crippen LogP contribution in [0.1, 0.15) is 42.4 Å². The first kappa shape index (κ1) is 24.2. The Balaban J connectivity index is 1.86. The molecular weight excluding hydrogens is 414 g/mol. The first-order valence-corrected chi connectivity index (χ1v) is 11.3. The van der Waals surface area contributed by atoms with Gasteiger partial charge in [-0.2, -0.15) is 0 Å². The van der Waals surface area contributed by atoms with Crippen LogP contribution in [0.2, 0.25) is 0 Å². The van der Waals surface area contributed by atoms with Crippen LogP contribution in [-0.4, -0.2) is 38.7 Å². The number of benzene rings is 3. The molecule has 0 unspecified atom stereocenters. The highest BCUT2D eigenvalue weighted by atomic mass is 16.5. The summed E-state index contributed by atoms with van der Waals surface area (Å²) >= 11 is 0. The van der Waals surface area contributed by atoms with E-state index in [-0.39, 0.29) is 11.8 Å². The first-order valence-electron chi connectivity index (χ1n) is 11.3. The molecule has 5 nitrogen and oxygen atoms in total. The Morgan fingerprint density at radius 1 is 0.818 bits per heavy atom. The molecule has 0 aromatic heterocycles. The van der Waals surface area contributed by atoms with Gasteiger partial charge in [0.2, 0.25) is 5.91 Å².